The number of rotatable bonds is 4. The van der Waals surface area contributed by atoms with Crippen molar-refractivity contribution in [2.24, 2.45) is 0 Å². The molecule has 0 bridgehead atoms. The summed E-state index contributed by atoms with van der Waals surface area (Å²) in [4.78, 5) is 22.0. The number of nitrogens with one attached hydrogen (secondary N) is 1. The lowest BCUT2D eigenvalue weighted by molar-refractivity contribution is 0.919. The van der Waals surface area contributed by atoms with Crippen molar-refractivity contribution in [1.82, 2.24) is 20.2 Å². The van der Waals surface area contributed by atoms with Gasteiger partial charge in [-0.2, -0.15) is 0 Å². The van der Waals surface area contributed by atoms with Crippen LogP contribution in [0.5, 0.6) is 0 Å². The standard InChI is InChI=1S/C14H10N4OS4/c1-7(23-14-18-15-6-22-14)11-16-12(19)10-8(5-21-13(10)17-11)9-3-2-4-20-9/h2-7H,1H3,(H,16,17,19)/t7-/m0/s1. The third kappa shape index (κ3) is 2.85. The average Bonchev–Trinajstić information content (AvgIpc) is 3.27. The van der Waals surface area contributed by atoms with Gasteiger partial charge in [0.15, 0.2) is 4.34 Å². The highest BCUT2D eigenvalue weighted by atomic mass is 32.2. The topological polar surface area (TPSA) is 71.5 Å². The number of H-pyrrole nitrogens is 1. The molecule has 0 aromatic carbocycles. The van der Waals surface area contributed by atoms with Crippen molar-refractivity contribution in [2.75, 3.05) is 0 Å². The molecular weight excluding hydrogens is 368 g/mol. The molecule has 116 valence electrons. The van der Waals surface area contributed by atoms with Gasteiger partial charge in [-0.3, -0.25) is 4.79 Å². The summed E-state index contributed by atoms with van der Waals surface area (Å²) >= 11 is 6.16. The molecule has 0 aliphatic rings. The first-order valence-electron chi connectivity index (χ1n) is 6.70. The van der Waals surface area contributed by atoms with Crippen LogP contribution in [0, 0.1) is 0 Å². The molecule has 0 fully saturated rings. The van der Waals surface area contributed by atoms with E-state index in [9.17, 15) is 4.79 Å². The third-order valence-corrected chi connectivity index (χ3v) is 6.95. The van der Waals surface area contributed by atoms with Gasteiger partial charge in [0, 0.05) is 15.8 Å². The number of thioether (sulfide) groups is 1. The average molecular weight is 379 g/mol. The maximum Gasteiger partial charge on any atom is 0.260 e. The summed E-state index contributed by atoms with van der Waals surface area (Å²) in [7, 11) is 0. The Morgan fingerprint density at radius 1 is 1.30 bits per heavy atom. The van der Waals surface area contributed by atoms with E-state index in [4.69, 9.17) is 0 Å². The fourth-order valence-electron chi connectivity index (χ4n) is 2.19. The number of nitrogens with zero attached hydrogens (tertiary/aromatic N) is 3. The Labute approximate surface area is 147 Å². The van der Waals surface area contributed by atoms with E-state index in [0.29, 0.717) is 11.2 Å². The summed E-state index contributed by atoms with van der Waals surface area (Å²) in [5.74, 6) is 0.669. The Morgan fingerprint density at radius 3 is 2.96 bits per heavy atom. The third-order valence-electron chi connectivity index (χ3n) is 3.25. The van der Waals surface area contributed by atoms with Gasteiger partial charge in [0.2, 0.25) is 0 Å². The van der Waals surface area contributed by atoms with Crippen molar-refractivity contribution in [3.8, 4) is 10.4 Å². The second-order valence-electron chi connectivity index (χ2n) is 4.72. The molecule has 0 saturated carbocycles. The van der Waals surface area contributed by atoms with Gasteiger partial charge in [-0.05, 0) is 18.4 Å². The summed E-state index contributed by atoms with van der Waals surface area (Å²) < 4.78 is 0.866. The Hall–Kier alpha value is -1.55. The van der Waals surface area contributed by atoms with E-state index in [-0.39, 0.29) is 10.8 Å². The van der Waals surface area contributed by atoms with Crippen molar-refractivity contribution in [3.05, 3.63) is 44.6 Å². The van der Waals surface area contributed by atoms with E-state index in [0.717, 1.165) is 19.6 Å². The van der Waals surface area contributed by atoms with E-state index in [1.165, 1.54) is 22.7 Å². The van der Waals surface area contributed by atoms with Gasteiger partial charge in [-0.15, -0.1) is 32.9 Å². The molecule has 0 aliphatic heterocycles. The highest BCUT2D eigenvalue weighted by Crippen LogP contribution is 2.36. The van der Waals surface area contributed by atoms with Gasteiger partial charge in [-0.1, -0.05) is 29.2 Å². The molecule has 0 unspecified atom stereocenters. The molecule has 0 saturated heterocycles. The van der Waals surface area contributed by atoms with E-state index >= 15 is 0 Å². The quantitative estimate of drug-likeness (QED) is 0.532. The summed E-state index contributed by atoms with van der Waals surface area (Å²) in [6.07, 6.45) is 0. The molecule has 4 rings (SSSR count). The lowest BCUT2D eigenvalue weighted by atomic mass is 10.2. The molecule has 1 N–H and O–H groups in total. The van der Waals surface area contributed by atoms with Gasteiger partial charge < -0.3 is 4.98 Å². The van der Waals surface area contributed by atoms with Crippen LogP contribution < -0.4 is 5.56 Å². The predicted octanol–water partition coefficient (Wildman–Crippen LogP) is 4.42. The molecule has 4 aromatic heterocycles. The van der Waals surface area contributed by atoms with E-state index < -0.39 is 0 Å². The minimum absolute atomic E-state index is 0.00679. The van der Waals surface area contributed by atoms with Crippen molar-refractivity contribution in [2.45, 2.75) is 16.5 Å². The zero-order valence-corrected chi connectivity index (χ0v) is 15.1. The van der Waals surface area contributed by atoms with Crippen LogP contribution in [0.25, 0.3) is 20.7 Å². The zero-order valence-electron chi connectivity index (χ0n) is 11.8. The lowest BCUT2D eigenvalue weighted by Crippen LogP contribution is -2.12. The molecule has 23 heavy (non-hydrogen) atoms. The van der Waals surface area contributed by atoms with Gasteiger partial charge in [0.1, 0.15) is 16.2 Å². The van der Waals surface area contributed by atoms with Crippen LogP contribution in [-0.2, 0) is 0 Å². The van der Waals surface area contributed by atoms with Gasteiger partial charge in [0.05, 0.1) is 10.6 Å². The highest BCUT2D eigenvalue weighted by Gasteiger charge is 2.17. The molecule has 0 spiro atoms. The van der Waals surface area contributed by atoms with Crippen molar-refractivity contribution in [1.29, 1.82) is 0 Å². The summed E-state index contributed by atoms with van der Waals surface area (Å²) in [5, 5.41) is 12.5. The summed E-state index contributed by atoms with van der Waals surface area (Å²) in [5.41, 5.74) is 2.57. The molecule has 0 amide bonds. The first-order chi connectivity index (χ1) is 11.2. The first-order valence-corrected chi connectivity index (χ1v) is 10.2. The zero-order chi connectivity index (χ0) is 15.8. The minimum atomic E-state index is -0.0839. The second kappa shape index (κ2) is 6.16. The number of thiophene rings is 2. The highest BCUT2D eigenvalue weighted by molar-refractivity contribution is 8.01. The predicted molar refractivity (Wildman–Crippen MR) is 97.7 cm³/mol. The number of aromatic amines is 1. The van der Waals surface area contributed by atoms with Crippen LogP contribution in [0.4, 0.5) is 0 Å². The van der Waals surface area contributed by atoms with Crippen LogP contribution in [0.15, 0.2) is 37.5 Å². The van der Waals surface area contributed by atoms with Crippen molar-refractivity contribution in [3.63, 3.8) is 0 Å². The number of hydrogen-bond acceptors (Lipinski definition) is 8. The van der Waals surface area contributed by atoms with Gasteiger partial charge >= 0.3 is 0 Å². The fraction of sp³-hybridized carbons (Fsp3) is 0.143. The Bertz CT molecular complexity index is 988. The Morgan fingerprint density at radius 2 is 2.22 bits per heavy atom. The fourth-order valence-corrected chi connectivity index (χ4v) is 5.64. The molecule has 5 nitrogen and oxygen atoms in total. The smallest absolute Gasteiger partial charge is 0.260 e. The van der Waals surface area contributed by atoms with Gasteiger partial charge in [-0.25, -0.2) is 4.98 Å². The number of fused-ring (bicyclic) bond motifs is 1. The van der Waals surface area contributed by atoms with Crippen LogP contribution in [0.3, 0.4) is 0 Å². The van der Waals surface area contributed by atoms with Crippen LogP contribution >= 0.6 is 45.8 Å². The van der Waals surface area contributed by atoms with Crippen molar-refractivity contribution < 1.29 is 0 Å². The number of hydrogen-bond donors (Lipinski definition) is 1. The van der Waals surface area contributed by atoms with Crippen LogP contribution in [0.1, 0.15) is 18.0 Å². The van der Waals surface area contributed by atoms with E-state index in [1.54, 1.807) is 28.6 Å². The molecule has 0 radical (unpaired) electrons. The van der Waals surface area contributed by atoms with E-state index in [1.807, 2.05) is 29.8 Å². The Balaban J connectivity index is 1.75. The minimum Gasteiger partial charge on any atom is -0.309 e. The largest absolute Gasteiger partial charge is 0.309 e. The summed E-state index contributed by atoms with van der Waals surface area (Å²) in [6.45, 7) is 2.00. The molecule has 9 heteroatoms. The van der Waals surface area contributed by atoms with Crippen molar-refractivity contribution >= 4 is 56.0 Å². The maximum atomic E-state index is 12.6. The van der Waals surface area contributed by atoms with Crippen LogP contribution in [-0.4, -0.2) is 20.2 Å². The molecule has 4 heterocycles. The monoisotopic (exact) mass is 378 g/mol. The van der Waals surface area contributed by atoms with E-state index in [2.05, 4.69) is 20.2 Å². The maximum absolute atomic E-state index is 12.6. The molecule has 1 atom stereocenters. The van der Waals surface area contributed by atoms with Crippen LogP contribution in [0.2, 0.25) is 0 Å². The molecule has 0 aliphatic carbocycles. The lowest BCUT2D eigenvalue weighted by Gasteiger charge is -2.08. The normalized spacial score (nSPS) is 12.7. The number of aromatic nitrogens is 4. The SMILES string of the molecule is C[C@H](Sc1nncs1)c1nc2scc(-c3cccs3)c2c(=O)[nH]1. The Kier molecular flexibility index (Phi) is 4.02. The second-order valence-corrected chi connectivity index (χ2v) is 8.95. The molecule has 4 aromatic rings. The summed E-state index contributed by atoms with van der Waals surface area (Å²) in [6, 6.07) is 4.01. The first kappa shape index (κ1) is 15.0. The molecular formula is C14H10N4OS4. The van der Waals surface area contributed by atoms with Gasteiger partial charge in [0.25, 0.3) is 5.56 Å².